The Morgan fingerprint density at radius 3 is 2.47 bits per heavy atom. The van der Waals surface area contributed by atoms with E-state index in [1.54, 1.807) is 12.1 Å². The van der Waals surface area contributed by atoms with Crippen molar-refractivity contribution in [2.45, 2.75) is 25.0 Å². The molecule has 5 N–H and O–H groups in total. The monoisotopic (exact) mass is 532 g/mol. The van der Waals surface area contributed by atoms with E-state index < -0.39 is 16.1 Å². The molecule has 1 atom stereocenters. The van der Waals surface area contributed by atoms with Crippen LogP contribution in [0, 0.1) is 0 Å². The molecule has 2 heterocycles. The number of benzene rings is 2. The molecule has 0 aromatic heterocycles. The maximum atomic E-state index is 11.7. The van der Waals surface area contributed by atoms with Gasteiger partial charge in [-0.25, -0.2) is 8.42 Å². The lowest BCUT2D eigenvalue weighted by Gasteiger charge is -2.34. The van der Waals surface area contributed by atoms with Crippen molar-refractivity contribution in [3.63, 3.8) is 0 Å². The quantitative estimate of drug-likeness (QED) is 0.255. The second-order valence-corrected chi connectivity index (χ2v) is 11.5. The Labute approximate surface area is 213 Å². The van der Waals surface area contributed by atoms with Crippen LogP contribution in [0.25, 0.3) is 6.08 Å². The summed E-state index contributed by atoms with van der Waals surface area (Å²) in [6.07, 6.45) is 3.60. The summed E-state index contributed by atoms with van der Waals surface area (Å²) in [7, 11) is -3.56. The van der Waals surface area contributed by atoms with Gasteiger partial charge in [0, 0.05) is 31.4 Å². The van der Waals surface area contributed by atoms with E-state index in [1.807, 2.05) is 24.3 Å². The molecule has 1 unspecified atom stereocenters. The largest absolute Gasteiger partial charge is 0.506 e. The van der Waals surface area contributed by atoms with E-state index in [0.29, 0.717) is 17.0 Å². The molecule has 0 aliphatic carbocycles. The van der Waals surface area contributed by atoms with E-state index >= 15 is 0 Å². The van der Waals surface area contributed by atoms with Crippen molar-refractivity contribution in [3.05, 3.63) is 58.5 Å². The Morgan fingerprint density at radius 1 is 1.17 bits per heavy atom. The van der Waals surface area contributed by atoms with Crippen LogP contribution in [0.5, 0.6) is 5.75 Å². The molecule has 0 radical (unpaired) electrons. The van der Waals surface area contributed by atoms with Crippen LogP contribution < -0.4 is 20.3 Å². The molecule has 10 nitrogen and oxygen atoms in total. The molecule has 2 fully saturated rings. The third-order valence-corrected chi connectivity index (χ3v) is 7.39. The number of nitrogens with zero attached hydrogens (tertiary/aromatic N) is 1. The second-order valence-electron chi connectivity index (χ2n) is 8.78. The van der Waals surface area contributed by atoms with Crippen molar-refractivity contribution in [3.8, 4) is 5.75 Å². The number of phenolic OH excluding ortho intramolecular Hbond substituents is 1. The second kappa shape index (κ2) is 10.9. The van der Waals surface area contributed by atoms with Gasteiger partial charge < -0.3 is 20.4 Å². The number of phenols is 1. The molecule has 2 aromatic rings. The average molecular weight is 533 g/mol. The molecule has 0 spiro atoms. The van der Waals surface area contributed by atoms with Gasteiger partial charge in [-0.05, 0) is 66.1 Å². The molecule has 192 valence electrons. The number of anilines is 2. The molecule has 2 amide bonds. The van der Waals surface area contributed by atoms with Crippen LogP contribution in [0.4, 0.5) is 16.2 Å². The van der Waals surface area contributed by atoms with Crippen molar-refractivity contribution in [2.24, 2.45) is 0 Å². The molecular formula is C24H28N4O6S2. The topological polar surface area (TPSA) is 148 Å². The number of piperidine rings is 1. The number of carbonyl (C=O) groups is 2. The summed E-state index contributed by atoms with van der Waals surface area (Å²) < 4.78 is 25.2. The first-order valence-electron chi connectivity index (χ1n) is 11.4. The van der Waals surface area contributed by atoms with Gasteiger partial charge in [-0.15, -0.1) is 0 Å². The summed E-state index contributed by atoms with van der Waals surface area (Å²) in [4.78, 5) is 25.7. The van der Waals surface area contributed by atoms with Crippen LogP contribution in [0.15, 0.2) is 47.4 Å². The lowest BCUT2D eigenvalue weighted by molar-refractivity contribution is -0.115. The molecule has 2 aromatic carbocycles. The molecular weight excluding hydrogens is 504 g/mol. The van der Waals surface area contributed by atoms with Crippen LogP contribution in [0.2, 0.25) is 0 Å². The van der Waals surface area contributed by atoms with Crippen LogP contribution in [0.1, 0.15) is 30.1 Å². The zero-order valence-electron chi connectivity index (χ0n) is 19.6. The molecule has 0 bridgehead atoms. The Morgan fingerprint density at radius 2 is 1.86 bits per heavy atom. The van der Waals surface area contributed by atoms with Crippen LogP contribution in [-0.4, -0.2) is 61.7 Å². The zero-order valence-corrected chi connectivity index (χ0v) is 21.2. The fourth-order valence-electron chi connectivity index (χ4n) is 4.13. The van der Waals surface area contributed by atoms with Gasteiger partial charge in [-0.3, -0.25) is 19.6 Å². The Kier molecular flexibility index (Phi) is 7.88. The minimum Gasteiger partial charge on any atom is -0.506 e. The maximum Gasteiger partial charge on any atom is 0.290 e. The van der Waals surface area contributed by atoms with Gasteiger partial charge in [0.15, 0.2) is 0 Å². The number of amides is 2. The normalized spacial score (nSPS) is 18.9. The van der Waals surface area contributed by atoms with E-state index in [-0.39, 0.29) is 28.6 Å². The average Bonchev–Trinajstić information content (AvgIpc) is 3.15. The van der Waals surface area contributed by atoms with E-state index in [1.165, 1.54) is 12.1 Å². The highest BCUT2D eigenvalue weighted by Crippen LogP contribution is 2.29. The predicted octanol–water partition coefficient (Wildman–Crippen LogP) is 2.38. The van der Waals surface area contributed by atoms with Crippen LogP contribution in [-0.2, 0) is 14.8 Å². The summed E-state index contributed by atoms with van der Waals surface area (Å²) in [6, 6.07) is 12.4. The number of imide groups is 1. The lowest BCUT2D eigenvalue weighted by Crippen LogP contribution is -2.43. The van der Waals surface area contributed by atoms with E-state index in [2.05, 4.69) is 20.3 Å². The molecule has 4 rings (SSSR count). The molecule has 36 heavy (non-hydrogen) atoms. The van der Waals surface area contributed by atoms with E-state index in [0.717, 1.165) is 55.2 Å². The maximum absolute atomic E-state index is 11.7. The Balaban J connectivity index is 1.27. The summed E-state index contributed by atoms with van der Waals surface area (Å²) in [5.41, 5.74) is 2.45. The van der Waals surface area contributed by atoms with Crippen molar-refractivity contribution in [1.29, 1.82) is 0 Å². The van der Waals surface area contributed by atoms with E-state index in [9.17, 15) is 28.2 Å². The number of aliphatic hydroxyl groups excluding tert-OH is 1. The lowest BCUT2D eigenvalue weighted by atomic mass is 10.0. The SMILES string of the molecule is CS(=O)(=O)Nc1cc(C(O)CNC2CCN(c3ccc(/C=C4/SC(=O)NC4=O)cc3)CC2)ccc1O. The van der Waals surface area contributed by atoms with Gasteiger partial charge in [0.2, 0.25) is 10.0 Å². The number of thioether (sulfide) groups is 1. The first-order chi connectivity index (χ1) is 17.1. The van der Waals surface area contributed by atoms with Crippen molar-refractivity contribution >= 4 is 50.4 Å². The van der Waals surface area contributed by atoms with Crippen molar-refractivity contribution < 1.29 is 28.2 Å². The van der Waals surface area contributed by atoms with Gasteiger partial charge in [-0.1, -0.05) is 18.2 Å². The van der Waals surface area contributed by atoms with Gasteiger partial charge in [0.1, 0.15) is 5.75 Å². The highest BCUT2D eigenvalue weighted by Gasteiger charge is 2.25. The highest BCUT2D eigenvalue weighted by molar-refractivity contribution is 8.18. The number of nitrogens with one attached hydrogen (secondary N) is 3. The van der Waals surface area contributed by atoms with Gasteiger partial charge >= 0.3 is 0 Å². The molecule has 2 aliphatic heterocycles. The van der Waals surface area contributed by atoms with Gasteiger partial charge in [0.05, 0.1) is 23.0 Å². The number of sulfonamides is 1. The molecule has 0 saturated carbocycles. The highest BCUT2D eigenvalue weighted by atomic mass is 32.2. The van der Waals surface area contributed by atoms with Crippen LogP contribution >= 0.6 is 11.8 Å². The number of hydrogen-bond donors (Lipinski definition) is 5. The Hall–Kier alpha value is -3.06. The standard InChI is InChI=1S/C24H28N4O6S2/c1-36(33,34)27-19-13-16(4-7-20(19)29)21(30)14-25-17-8-10-28(11-9-17)18-5-2-15(3-6-18)12-22-23(31)26-24(32)35-22/h2-7,12-13,17,21,25,27,29-30H,8-11,14H2,1H3,(H,26,31,32)/b22-12+. The first kappa shape index (κ1) is 26.0. The zero-order chi connectivity index (χ0) is 25.9. The molecule has 12 heteroatoms. The number of aromatic hydroxyl groups is 1. The van der Waals surface area contributed by atoms with Gasteiger partial charge in [0.25, 0.3) is 11.1 Å². The number of aliphatic hydroxyl groups is 1. The predicted molar refractivity (Wildman–Crippen MR) is 140 cm³/mol. The third kappa shape index (κ3) is 6.78. The first-order valence-corrected chi connectivity index (χ1v) is 14.1. The number of rotatable bonds is 8. The van der Waals surface area contributed by atoms with Crippen molar-refractivity contribution in [2.75, 3.05) is 35.5 Å². The fourth-order valence-corrected chi connectivity index (χ4v) is 5.38. The number of hydrogen-bond acceptors (Lipinski definition) is 9. The summed E-state index contributed by atoms with van der Waals surface area (Å²) >= 11 is 0.897. The van der Waals surface area contributed by atoms with Gasteiger partial charge in [-0.2, -0.15) is 0 Å². The minimum atomic E-state index is -3.56. The smallest absolute Gasteiger partial charge is 0.290 e. The van der Waals surface area contributed by atoms with Crippen molar-refractivity contribution in [1.82, 2.24) is 10.6 Å². The number of carbonyl (C=O) groups excluding carboxylic acids is 2. The summed E-state index contributed by atoms with van der Waals surface area (Å²) in [6.45, 7) is 1.97. The molecule has 2 aliphatic rings. The molecule has 2 saturated heterocycles. The fraction of sp³-hybridized carbons (Fsp3) is 0.333. The van der Waals surface area contributed by atoms with E-state index in [4.69, 9.17) is 0 Å². The third-order valence-electron chi connectivity index (χ3n) is 5.99. The van der Waals surface area contributed by atoms with Crippen LogP contribution in [0.3, 0.4) is 0 Å². The Bertz CT molecular complexity index is 1270. The summed E-state index contributed by atoms with van der Waals surface area (Å²) in [5, 5.41) is 25.7. The minimum absolute atomic E-state index is 0.0309. The summed E-state index contributed by atoms with van der Waals surface area (Å²) in [5.74, 6) is -0.579.